The molecular weight excluding hydrogens is 453 g/mol. The molecule has 1 saturated heterocycles. The minimum atomic E-state index is -0.878. The first-order chi connectivity index (χ1) is 16.7. The predicted octanol–water partition coefficient (Wildman–Crippen LogP) is 3.66. The lowest BCUT2D eigenvalue weighted by atomic mass is 9.43. The van der Waals surface area contributed by atoms with Crippen LogP contribution in [0.5, 0.6) is 0 Å². The van der Waals surface area contributed by atoms with Crippen LogP contribution < -0.4 is 16.4 Å². The van der Waals surface area contributed by atoms with Gasteiger partial charge in [0.25, 0.3) is 0 Å². The SMILES string of the molecule is CC(=O)N[C@@]1(C(=O)NC(C)(C)C)C[C@H]2C[C@H](N)C[C@H]2[C@@H]1CCCB1O[C@@H]2C[C@@H]3C[C@@H](C3(C)C)[C@]2(C)O1. The molecule has 1 aliphatic heterocycles. The van der Waals surface area contributed by atoms with Gasteiger partial charge in [0.15, 0.2) is 0 Å². The Kier molecular flexibility index (Phi) is 6.40. The van der Waals surface area contributed by atoms with Crippen LogP contribution in [0.2, 0.25) is 6.32 Å². The number of hydrogen-bond donors (Lipinski definition) is 3. The third kappa shape index (κ3) is 4.23. The van der Waals surface area contributed by atoms with Gasteiger partial charge in [0, 0.05) is 18.5 Å². The van der Waals surface area contributed by atoms with Crippen molar-refractivity contribution in [2.45, 2.75) is 129 Å². The molecule has 9 atom stereocenters. The van der Waals surface area contributed by atoms with E-state index in [1.54, 1.807) is 0 Å². The van der Waals surface area contributed by atoms with Crippen LogP contribution in [0.1, 0.15) is 93.4 Å². The second-order valence-electron chi connectivity index (χ2n) is 14.7. The minimum absolute atomic E-state index is 0.0490. The molecule has 8 heteroatoms. The van der Waals surface area contributed by atoms with Gasteiger partial charge in [0.05, 0.1) is 11.7 Å². The fourth-order valence-electron chi connectivity index (χ4n) is 9.13. The van der Waals surface area contributed by atoms with Gasteiger partial charge < -0.3 is 25.7 Å². The number of carbonyl (C=O) groups is 2. The van der Waals surface area contributed by atoms with Gasteiger partial charge >= 0.3 is 7.12 Å². The molecular formula is C28H48BN3O4. The normalized spacial score (nSPS) is 44.6. The highest BCUT2D eigenvalue weighted by atomic mass is 16.7. The molecule has 5 saturated carbocycles. The summed E-state index contributed by atoms with van der Waals surface area (Å²) in [6, 6.07) is 0.183. The lowest BCUT2D eigenvalue weighted by Crippen LogP contribution is -2.65. The zero-order valence-electron chi connectivity index (χ0n) is 23.5. The van der Waals surface area contributed by atoms with Crippen molar-refractivity contribution in [3.63, 3.8) is 0 Å². The Morgan fingerprint density at radius 1 is 1.11 bits per heavy atom. The minimum Gasteiger partial charge on any atom is -0.405 e. The molecule has 0 aromatic heterocycles. The number of hydrogen-bond acceptors (Lipinski definition) is 5. The second kappa shape index (κ2) is 8.70. The molecule has 5 aliphatic carbocycles. The van der Waals surface area contributed by atoms with Gasteiger partial charge in [-0.1, -0.05) is 20.3 Å². The molecule has 6 rings (SSSR count). The molecule has 2 bridgehead atoms. The summed E-state index contributed by atoms with van der Waals surface area (Å²) in [6.07, 6.45) is 7.65. The Morgan fingerprint density at radius 2 is 1.83 bits per heavy atom. The van der Waals surface area contributed by atoms with Crippen molar-refractivity contribution in [3.8, 4) is 0 Å². The molecule has 0 aromatic carbocycles. The van der Waals surface area contributed by atoms with E-state index in [0.717, 1.165) is 44.3 Å². The van der Waals surface area contributed by atoms with Gasteiger partial charge in [0.2, 0.25) is 11.8 Å². The summed E-state index contributed by atoms with van der Waals surface area (Å²) < 4.78 is 13.1. The Bertz CT molecular complexity index is 906. The summed E-state index contributed by atoms with van der Waals surface area (Å²) in [4.78, 5) is 26.2. The quantitative estimate of drug-likeness (QED) is 0.482. The number of carbonyl (C=O) groups excluding carboxylic acids is 2. The third-order valence-corrected chi connectivity index (χ3v) is 10.8. The summed E-state index contributed by atoms with van der Waals surface area (Å²) in [7, 11) is -0.184. The summed E-state index contributed by atoms with van der Waals surface area (Å²) in [5, 5.41) is 6.35. The first kappa shape index (κ1) is 26.5. The molecule has 0 radical (unpaired) electrons. The Labute approximate surface area is 217 Å². The second-order valence-corrected chi connectivity index (χ2v) is 14.7. The maximum absolute atomic E-state index is 13.8. The van der Waals surface area contributed by atoms with Gasteiger partial charge in [-0.3, -0.25) is 9.59 Å². The van der Waals surface area contributed by atoms with Crippen molar-refractivity contribution in [3.05, 3.63) is 0 Å². The summed E-state index contributed by atoms with van der Waals surface area (Å²) in [5.41, 5.74) is 5.28. The lowest BCUT2D eigenvalue weighted by Gasteiger charge is -2.64. The van der Waals surface area contributed by atoms with Crippen LogP contribution >= 0.6 is 0 Å². The highest BCUT2D eigenvalue weighted by Crippen LogP contribution is 2.66. The van der Waals surface area contributed by atoms with E-state index in [1.165, 1.54) is 13.3 Å². The Morgan fingerprint density at radius 3 is 2.47 bits per heavy atom. The number of amides is 2. The highest BCUT2D eigenvalue weighted by molar-refractivity contribution is 6.45. The maximum atomic E-state index is 13.8. The highest BCUT2D eigenvalue weighted by Gasteiger charge is 2.67. The summed E-state index contributed by atoms with van der Waals surface area (Å²) in [5.74, 6) is 1.90. The molecule has 0 spiro atoms. The van der Waals surface area contributed by atoms with Crippen molar-refractivity contribution in [2.24, 2.45) is 40.7 Å². The van der Waals surface area contributed by atoms with E-state index >= 15 is 0 Å². The monoisotopic (exact) mass is 501 g/mol. The molecule has 6 fully saturated rings. The van der Waals surface area contributed by atoms with Crippen molar-refractivity contribution in [2.75, 3.05) is 0 Å². The Hall–Kier alpha value is -1.12. The zero-order chi connectivity index (χ0) is 26.3. The topological polar surface area (TPSA) is 103 Å². The van der Waals surface area contributed by atoms with Crippen LogP contribution in [0, 0.1) is 35.0 Å². The molecule has 7 nitrogen and oxygen atoms in total. The number of fused-ring (bicyclic) bond motifs is 1. The van der Waals surface area contributed by atoms with Crippen molar-refractivity contribution < 1.29 is 18.9 Å². The van der Waals surface area contributed by atoms with Gasteiger partial charge in [-0.05, 0) is 108 Å². The number of rotatable bonds is 6. The summed E-state index contributed by atoms with van der Waals surface area (Å²) in [6.45, 7) is 14.5. The first-order valence-corrected chi connectivity index (χ1v) is 14.4. The van der Waals surface area contributed by atoms with Crippen LogP contribution in [0.3, 0.4) is 0 Å². The average molecular weight is 502 g/mol. The fraction of sp³-hybridized carbons (Fsp3) is 0.929. The van der Waals surface area contributed by atoms with Crippen molar-refractivity contribution >= 4 is 18.9 Å². The maximum Gasteiger partial charge on any atom is 0.457 e. The van der Waals surface area contributed by atoms with E-state index in [0.29, 0.717) is 29.6 Å². The first-order valence-electron chi connectivity index (χ1n) is 14.4. The standard InChI is InChI=1S/C28H48BN3O4/c1-16(33)31-28(24(34)32-25(2,3)4)15-17-11-19(30)14-20(17)21(28)9-8-10-29-35-23-13-18-12-22(26(18,5)6)27(23,7)36-29/h17-23H,8-15,30H2,1-7H3,(H,31,33)(H,32,34)/t17-,18+,19+,20-,21+,22+,23-,27+,28+/m1/s1. The van der Waals surface area contributed by atoms with E-state index in [2.05, 4.69) is 31.4 Å². The van der Waals surface area contributed by atoms with E-state index < -0.39 is 5.54 Å². The third-order valence-electron chi connectivity index (χ3n) is 10.8. The molecule has 0 unspecified atom stereocenters. The van der Waals surface area contributed by atoms with Crippen LogP contribution in [0.4, 0.5) is 0 Å². The predicted molar refractivity (Wildman–Crippen MR) is 141 cm³/mol. The van der Waals surface area contributed by atoms with Crippen LogP contribution in [-0.2, 0) is 18.9 Å². The average Bonchev–Trinajstić information content (AvgIpc) is 3.34. The van der Waals surface area contributed by atoms with E-state index in [1.807, 2.05) is 20.8 Å². The molecule has 202 valence electrons. The molecule has 1 heterocycles. The van der Waals surface area contributed by atoms with Crippen LogP contribution in [0.25, 0.3) is 0 Å². The van der Waals surface area contributed by atoms with Gasteiger partial charge in [-0.15, -0.1) is 0 Å². The number of nitrogens with two attached hydrogens (primary N) is 1. The van der Waals surface area contributed by atoms with Crippen LogP contribution in [0.15, 0.2) is 0 Å². The van der Waals surface area contributed by atoms with E-state index in [-0.39, 0.29) is 48.1 Å². The largest absolute Gasteiger partial charge is 0.457 e. The van der Waals surface area contributed by atoms with Crippen molar-refractivity contribution in [1.29, 1.82) is 0 Å². The smallest absolute Gasteiger partial charge is 0.405 e. The zero-order valence-corrected chi connectivity index (χ0v) is 23.5. The fourth-order valence-corrected chi connectivity index (χ4v) is 9.13. The van der Waals surface area contributed by atoms with Gasteiger partial charge in [0.1, 0.15) is 5.54 Å². The Balaban J connectivity index is 1.29. The number of nitrogens with one attached hydrogen (secondary N) is 2. The van der Waals surface area contributed by atoms with Gasteiger partial charge in [-0.25, -0.2) is 0 Å². The van der Waals surface area contributed by atoms with Gasteiger partial charge in [-0.2, -0.15) is 0 Å². The van der Waals surface area contributed by atoms with Crippen molar-refractivity contribution in [1.82, 2.24) is 10.6 Å². The molecule has 4 N–H and O–H groups in total. The van der Waals surface area contributed by atoms with E-state index in [4.69, 9.17) is 15.0 Å². The summed E-state index contributed by atoms with van der Waals surface area (Å²) >= 11 is 0. The molecule has 2 amide bonds. The van der Waals surface area contributed by atoms with Crippen LogP contribution in [-0.4, -0.2) is 47.8 Å². The molecule has 0 aromatic rings. The lowest BCUT2D eigenvalue weighted by molar-refractivity contribution is -0.199. The molecule has 36 heavy (non-hydrogen) atoms. The van der Waals surface area contributed by atoms with E-state index in [9.17, 15) is 9.59 Å². The molecule has 6 aliphatic rings.